The SMILES string of the molecule is CC(C)CCNC(=O)N1CCC[C@H]1c1ccc(Cl)cc1. The number of benzene rings is 1. The van der Waals surface area contributed by atoms with Crippen molar-refractivity contribution >= 4 is 17.6 Å². The first-order valence-corrected chi connectivity index (χ1v) is 7.75. The van der Waals surface area contributed by atoms with E-state index < -0.39 is 0 Å². The van der Waals surface area contributed by atoms with E-state index in [9.17, 15) is 4.79 Å². The molecule has 1 N–H and O–H groups in total. The van der Waals surface area contributed by atoms with Crippen molar-refractivity contribution in [2.45, 2.75) is 39.2 Å². The van der Waals surface area contributed by atoms with E-state index in [1.54, 1.807) is 0 Å². The van der Waals surface area contributed by atoms with Crippen LogP contribution in [0.5, 0.6) is 0 Å². The first-order chi connectivity index (χ1) is 9.58. The number of hydrogen-bond acceptors (Lipinski definition) is 1. The van der Waals surface area contributed by atoms with Crippen LogP contribution in [0.15, 0.2) is 24.3 Å². The van der Waals surface area contributed by atoms with Gasteiger partial charge in [-0.25, -0.2) is 4.79 Å². The molecule has 1 aliphatic rings. The van der Waals surface area contributed by atoms with E-state index in [0.29, 0.717) is 5.92 Å². The van der Waals surface area contributed by atoms with Crippen LogP contribution in [0.1, 0.15) is 44.7 Å². The Labute approximate surface area is 126 Å². The third kappa shape index (κ3) is 3.89. The standard InChI is InChI=1S/C16H23ClN2O/c1-12(2)9-10-18-16(20)19-11-3-4-15(19)13-5-7-14(17)8-6-13/h5-8,12,15H,3-4,9-11H2,1-2H3,(H,18,20)/t15-/m0/s1. The van der Waals surface area contributed by atoms with Crippen LogP contribution < -0.4 is 5.32 Å². The van der Waals surface area contributed by atoms with E-state index in [1.165, 1.54) is 5.56 Å². The van der Waals surface area contributed by atoms with Gasteiger partial charge in [-0.3, -0.25) is 0 Å². The second-order valence-electron chi connectivity index (χ2n) is 5.82. The summed E-state index contributed by atoms with van der Waals surface area (Å²) in [7, 11) is 0. The van der Waals surface area contributed by atoms with Crippen molar-refractivity contribution in [2.24, 2.45) is 5.92 Å². The highest BCUT2D eigenvalue weighted by Crippen LogP contribution is 2.32. The molecule has 1 aliphatic heterocycles. The Morgan fingerprint density at radius 3 is 2.75 bits per heavy atom. The van der Waals surface area contributed by atoms with Crippen molar-refractivity contribution in [2.75, 3.05) is 13.1 Å². The summed E-state index contributed by atoms with van der Waals surface area (Å²) in [5.41, 5.74) is 1.17. The number of halogens is 1. The van der Waals surface area contributed by atoms with Gasteiger partial charge in [-0.2, -0.15) is 0 Å². The number of nitrogens with zero attached hydrogens (tertiary/aromatic N) is 1. The topological polar surface area (TPSA) is 32.3 Å². The summed E-state index contributed by atoms with van der Waals surface area (Å²) in [6.07, 6.45) is 3.11. The maximum absolute atomic E-state index is 12.3. The van der Waals surface area contributed by atoms with Crippen LogP contribution in [0.3, 0.4) is 0 Å². The fraction of sp³-hybridized carbons (Fsp3) is 0.562. The van der Waals surface area contributed by atoms with Crippen LogP contribution >= 0.6 is 11.6 Å². The summed E-state index contributed by atoms with van der Waals surface area (Å²) in [5.74, 6) is 0.612. The molecule has 2 amide bonds. The van der Waals surface area contributed by atoms with Gasteiger partial charge in [0.2, 0.25) is 0 Å². The molecule has 0 bridgehead atoms. The normalized spacial score (nSPS) is 18.6. The highest BCUT2D eigenvalue weighted by Gasteiger charge is 2.29. The van der Waals surface area contributed by atoms with Gasteiger partial charge in [0.25, 0.3) is 0 Å². The molecule has 1 fully saturated rings. The smallest absolute Gasteiger partial charge is 0.317 e. The van der Waals surface area contributed by atoms with Crippen LogP contribution in [0, 0.1) is 5.92 Å². The van der Waals surface area contributed by atoms with E-state index in [1.807, 2.05) is 29.2 Å². The third-order valence-electron chi connectivity index (χ3n) is 3.77. The monoisotopic (exact) mass is 294 g/mol. The average Bonchev–Trinajstić information content (AvgIpc) is 2.88. The summed E-state index contributed by atoms with van der Waals surface area (Å²) in [5, 5.41) is 3.76. The molecule has 1 aromatic carbocycles. The molecule has 4 heteroatoms. The van der Waals surface area contributed by atoms with Crippen LogP contribution in [0.4, 0.5) is 4.79 Å². The maximum Gasteiger partial charge on any atom is 0.317 e. The van der Waals surface area contributed by atoms with Gasteiger partial charge in [-0.1, -0.05) is 37.6 Å². The molecule has 1 heterocycles. The fourth-order valence-corrected chi connectivity index (χ4v) is 2.74. The van der Waals surface area contributed by atoms with Gasteiger partial charge >= 0.3 is 6.03 Å². The largest absolute Gasteiger partial charge is 0.338 e. The van der Waals surface area contributed by atoms with E-state index >= 15 is 0 Å². The van der Waals surface area contributed by atoms with Crippen LogP contribution in [0.25, 0.3) is 0 Å². The highest BCUT2D eigenvalue weighted by atomic mass is 35.5. The van der Waals surface area contributed by atoms with Gasteiger partial charge in [0.05, 0.1) is 6.04 Å². The minimum Gasteiger partial charge on any atom is -0.338 e. The molecular weight excluding hydrogens is 272 g/mol. The van der Waals surface area contributed by atoms with Crippen molar-refractivity contribution in [3.63, 3.8) is 0 Å². The second-order valence-corrected chi connectivity index (χ2v) is 6.25. The lowest BCUT2D eigenvalue weighted by Crippen LogP contribution is -2.40. The summed E-state index contributed by atoms with van der Waals surface area (Å²) in [4.78, 5) is 14.2. The summed E-state index contributed by atoms with van der Waals surface area (Å²) in [6.45, 7) is 5.91. The number of amides is 2. The van der Waals surface area contributed by atoms with Crippen LogP contribution in [0.2, 0.25) is 5.02 Å². The molecule has 0 radical (unpaired) electrons. The quantitative estimate of drug-likeness (QED) is 0.885. The van der Waals surface area contributed by atoms with Crippen molar-refractivity contribution in [3.8, 4) is 0 Å². The summed E-state index contributed by atoms with van der Waals surface area (Å²) in [6, 6.07) is 8.07. The molecule has 0 aromatic heterocycles. The summed E-state index contributed by atoms with van der Waals surface area (Å²) >= 11 is 5.92. The van der Waals surface area contributed by atoms with Gasteiger partial charge in [0.15, 0.2) is 0 Å². The number of nitrogens with one attached hydrogen (secondary N) is 1. The molecule has 0 spiro atoms. The van der Waals surface area contributed by atoms with Crippen molar-refractivity contribution in [1.29, 1.82) is 0 Å². The molecule has 1 aromatic rings. The Morgan fingerprint density at radius 2 is 2.10 bits per heavy atom. The van der Waals surface area contributed by atoms with Crippen LogP contribution in [-0.4, -0.2) is 24.0 Å². The number of urea groups is 1. The first-order valence-electron chi connectivity index (χ1n) is 7.38. The van der Waals surface area contributed by atoms with E-state index in [4.69, 9.17) is 11.6 Å². The summed E-state index contributed by atoms with van der Waals surface area (Å²) < 4.78 is 0. The van der Waals surface area contributed by atoms with Gasteiger partial charge in [0, 0.05) is 18.1 Å². The number of rotatable bonds is 4. The Balaban J connectivity index is 1.96. The van der Waals surface area contributed by atoms with Gasteiger partial charge in [-0.15, -0.1) is 0 Å². The zero-order valence-electron chi connectivity index (χ0n) is 12.2. The lowest BCUT2D eigenvalue weighted by Gasteiger charge is -2.25. The van der Waals surface area contributed by atoms with Gasteiger partial charge in [-0.05, 0) is 42.9 Å². The molecule has 3 nitrogen and oxygen atoms in total. The van der Waals surface area contributed by atoms with Crippen molar-refractivity contribution in [3.05, 3.63) is 34.9 Å². The van der Waals surface area contributed by atoms with E-state index in [2.05, 4.69) is 19.2 Å². The Bertz CT molecular complexity index is 444. The minimum absolute atomic E-state index is 0.0584. The molecular formula is C16H23ClN2O. The van der Waals surface area contributed by atoms with Gasteiger partial charge < -0.3 is 10.2 Å². The molecule has 1 atom stereocenters. The Morgan fingerprint density at radius 1 is 1.40 bits per heavy atom. The van der Waals surface area contributed by atoms with Crippen molar-refractivity contribution in [1.82, 2.24) is 10.2 Å². The van der Waals surface area contributed by atoms with E-state index in [-0.39, 0.29) is 12.1 Å². The van der Waals surface area contributed by atoms with E-state index in [0.717, 1.165) is 37.4 Å². The molecule has 0 unspecified atom stereocenters. The van der Waals surface area contributed by atoms with Crippen LogP contribution in [-0.2, 0) is 0 Å². The predicted molar refractivity (Wildman–Crippen MR) is 83.0 cm³/mol. The first kappa shape index (κ1) is 15.2. The molecule has 20 heavy (non-hydrogen) atoms. The predicted octanol–water partition coefficient (Wildman–Crippen LogP) is 4.23. The molecule has 0 saturated carbocycles. The molecule has 110 valence electrons. The third-order valence-corrected chi connectivity index (χ3v) is 4.02. The zero-order chi connectivity index (χ0) is 14.5. The van der Waals surface area contributed by atoms with Gasteiger partial charge in [0.1, 0.15) is 0 Å². The Hall–Kier alpha value is -1.22. The highest BCUT2D eigenvalue weighted by molar-refractivity contribution is 6.30. The lowest BCUT2D eigenvalue weighted by molar-refractivity contribution is 0.192. The second kappa shape index (κ2) is 6.98. The zero-order valence-corrected chi connectivity index (χ0v) is 13.0. The van der Waals surface area contributed by atoms with Crippen molar-refractivity contribution < 1.29 is 4.79 Å². The minimum atomic E-state index is 0.0584. The number of likely N-dealkylation sites (tertiary alicyclic amines) is 1. The molecule has 1 saturated heterocycles. The molecule has 2 rings (SSSR count). The number of hydrogen-bond donors (Lipinski definition) is 1. The fourth-order valence-electron chi connectivity index (χ4n) is 2.61. The Kier molecular flexibility index (Phi) is 5.30. The lowest BCUT2D eigenvalue weighted by atomic mass is 10.1. The molecule has 0 aliphatic carbocycles. The number of carbonyl (C=O) groups excluding carboxylic acids is 1. The average molecular weight is 295 g/mol. The maximum atomic E-state index is 12.3. The number of carbonyl (C=O) groups is 1.